The maximum atomic E-state index is 13.3. The number of aliphatic hydroxyl groups excluding tert-OH is 1. The maximum absolute atomic E-state index is 13.3. The second-order valence-electron chi connectivity index (χ2n) is 8.17. The van der Waals surface area contributed by atoms with Crippen molar-refractivity contribution in [3.63, 3.8) is 0 Å². The summed E-state index contributed by atoms with van der Waals surface area (Å²) < 4.78 is 11.0. The smallest absolute Gasteiger partial charge is 0.410 e. The molecule has 0 radical (unpaired) electrons. The molecule has 3 aromatic carbocycles. The van der Waals surface area contributed by atoms with Gasteiger partial charge in [-0.1, -0.05) is 91.0 Å². The average Bonchev–Trinajstić information content (AvgIpc) is 3.65. The molecule has 1 heterocycles. The van der Waals surface area contributed by atoms with Crippen LogP contribution in [0.3, 0.4) is 0 Å². The lowest BCUT2D eigenvalue weighted by Crippen LogP contribution is -2.48. The van der Waals surface area contributed by atoms with Gasteiger partial charge in [-0.15, -0.1) is 0 Å². The van der Waals surface area contributed by atoms with Crippen LogP contribution in [0.15, 0.2) is 91.0 Å². The lowest BCUT2D eigenvalue weighted by molar-refractivity contribution is 0.0206. The van der Waals surface area contributed by atoms with Crippen molar-refractivity contribution in [2.75, 3.05) is 6.61 Å². The molecule has 166 valence electrons. The van der Waals surface area contributed by atoms with Crippen LogP contribution in [0.4, 0.5) is 4.79 Å². The van der Waals surface area contributed by atoms with Gasteiger partial charge in [-0.3, -0.25) is 4.90 Å². The Balaban J connectivity index is 1.57. The Morgan fingerprint density at radius 2 is 1.44 bits per heavy atom. The van der Waals surface area contributed by atoms with Crippen molar-refractivity contribution in [2.24, 2.45) is 0 Å². The summed E-state index contributed by atoms with van der Waals surface area (Å²) >= 11 is 0. The fourth-order valence-electron chi connectivity index (χ4n) is 3.84. The minimum Gasteiger partial charge on any atom is -0.445 e. The zero-order valence-electron chi connectivity index (χ0n) is 18.0. The second kappa shape index (κ2) is 10.9. The highest BCUT2D eigenvalue weighted by atomic mass is 16.6. The van der Waals surface area contributed by atoms with E-state index in [9.17, 15) is 9.90 Å². The first-order valence-electron chi connectivity index (χ1n) is 11.0. The van der Waals surface area contributed by atoms with Crippen LogP contribution >= 0.6 is 0 Å². The van der Waals surface area contributed by atoms with Gasteiger partial charge in [0.05, 0.1) is 24.9 Å². The summed E-state index contributed by atoms with van der Waals surface area (Å²) in [6, 6.07) is 28.9. The number of rotatable bonds is 10. The van der Waals surface area contributed by atoms with Crippen LogP contribution in [0.1, 0.15) is 23.1 Å². The highest BCUT2D eigenvalue weighted by Crippen LogP contribution is 2.24. The summed E-state index contributed by atoms with van der Waals surface area (Å²) in [4.78, 5) is 15.0. The SMILES string of the molecule is O=C(OCc1ccccc1)N(Cc1ccccc1)[C@@H](Cc1ccccc1)[C@H](O)CC1CO1. The topological polar surface area (TPSA) is 62.3 Å². The van der Waals surface area contributed by atoms with Gasteiger partial charge in [0.15, 0.2) is 0 Å². The van der Waals surface area contributed by atoms with Crippen molar-refractivity contribution in [1.29, 1.82) is 0 Å². The van der Waals surface area contributed by atoms with Gasteiger partial charge in [-0.2, -0.15) is 0 Å². The molecule has 5 heteroatoms. The van der Waals surface area contributed by atoms with Crippen LogP contribution in [0.5, 0.6) is 0 Å². The molecule has 0 saturated carbocycles. The molecule has 3 aromatic rings. The molecule has 0 spiro atoms. The molecule has 1 N–H and O–H groups in total. The van der Waals surface area contributed by atoms with Crippen molar-refractivity contribution < 1.29 is 19.4 Å². The summed E-state index contributed by atoms with van der Waals surface area (Å²) in [6.07, 6.45) is -0.0798. The Morgan fingerprint density at radius 3 is 2.00 bits per heavy atom. The van der Waals surface area contributed by atoms with E-state index >= 15 is 0 Å². The summed E-state index contributed by atoms with van der Waals surface area (Å²) in [5, 5.41) is 11.1. The van der Waals surface area contributed by atoms with E-state index in [-0.39, 0.29) is 12.7 Å². The Labute approximate surface area is 189 Å². The number of nitrogens with zero attached hydrogens (tertiary/aromatic N) is 1. The Morgan fingerprint density at radius 1 is 0.906 bits per heavy atom. The molecule has 1 amide bonds. The Kier molecular flexibility index (Phi) is 7.54. The van der Waals surface area contributed by atoms with Crippen LogP contribution in [0.2, 0.25) is 0 Å². The molecule has 1 unspecified atom stereocenters. The number of hydrogen-bond acceptors (Lipinski definition) is 4. The van der Waals surface area contributed by atoms with Gasteiger partial charge in [-0.05, 0) is 23.1 Å². The molecule has 4 rings (SSSR count). The summed E-state index contributed by atoms with van der Waals surface area (Å²) in [7, 11) is 0. The second-order valence-corrected chi connectivity index (χ2v) is 8.17. The molecule has 3 atom stereocenters. The standard InChI is InChI=1S/C27H29NO4/c29-26(17-24-20-31-24)25(16-21-10-4-1-5-11-21)28(18-22-12-6-2-7-13-22)27(30)32-19-23-14-8-3-9-15-23/h1-15,24-26,29H,16-20H2/t24?,25-,26+/m0/s1. The maximum Gasteiger partial charge on any atom is 0.410 e. The average molecular weight is 432 g/mol. The summed E-state index contributed by atoms with van der Waals surface area (Å²) in [6.45, 7) is 1.20. The number of carbonyl (C=O) groups excluding carboxylic acids is 1. The molecular weight excluding hydrogens is 402 g/mol. The normalized spacial score (nSPS) is 16.7. The van der Waals surface area contributed by atoms with E-state index in [1.807, 2.05) is 91.0 Å². The molecule has 5 nitrogen and oxygen atoms in total. The molecule has 0 bridgehead atoms. The minimum absolute atomic E-state index is 0.0576. The van der Waals surface area contributed by atoms with Crippen LogP contribution in [0.25, 0.3) is 0 Å². The van der Waals surface area contributed by atoms with E-state index in [4.69, 9.17) is 9.47 Å². The third-order valence-electron chi connectivity index (χ3n) is 5.67. The van der Waals surface area contributed by atoms with Crippen molar-refractivity contribution in [1.82, 2.24) is 4.90 Å². The van der Waals surface area contributed by atoms with E-state index < -0.39 is 18.2 Å². The largest absolute Gasteiger partial charge is 0.445 e. The fourth-order valence-corrected chi connectivity index (χ4v) is 3.84. The first-order valence-corrected chi connectivity index (χ1v) is 11.0. The predicted octanol–water partition coefficient (Wildman–Crippen LogP) is 4.59. The van der Waals surface area contributed by atoms with E-state index in [1.54, 1.807) is 4.90 Å². The van der Waals surface area contributed by atoms with Gasteiger partial charge >= 0.3 is 6.09 Å². The van der Waals surface area contributed by atoms with E-state index in [0.29, 0.717) is 26.0 Å². The van der Waals surface area contributed by atoms with Crippen LogP contribution < -0.4 is 0 Å². The highest BCUT2D eigenvalue weighted by molar-refractivity contribution is 5.68. The van der Waals surface area contributed by atoms with Gasteiger partial charge in [0.1, 0.15) is 6.61 Å². The third-order valence-corrected chi connectivity index (χ3v) is 5.67. The first kappa shape index (κ1) is 22.1. The van der Waals surface area contributed by atoms with Crippen molar-refractivity contribution in [3.05, 3.63) is 108 Å². The van der Waals surface area contributed by atoms with Crippen molar-refractivity contribution in [2.45, 2.75) is 44.2 Å². The minimum atomic E-state index is -0.726. The number of ether oxygens (including phenoxy) is 2. The van der Waals surface area contributed by atoms with E-state index in [0.717, 1.165) is 16.7 Å². The molecule has 0 aliphatic carbocycles. The fraction of sp³-hybridized carbons (Fsp3) is 0.296. The zero-order chi connectivity index (χ0) is 22.2. The number of aliphatic hydroxyl groups is 1. The molecule has 1 saturated heterocycles. The predicted molar refractivity (Wildman–Crippen MR) is 123 cm³/mol. The third kappa shape index (κ3) is 6.42. The lowest BCUT2D eigenvalue weighted by Gasteiger charge is -2.34. The highest BCUT2D eigenvalue weighted by Gasteiger charge is 2.35. The van der Waals surface area contributed by atoms with Crippen molar-refractivity contribution >= 4 is 6.09 Å². The molecule has 1 aliphatic heterocycles. The Bertz CT molecular complexity index is 961. The van der Waals surface area contributed by atoms with Gasteiger partial charge in [0, 0.05) is 13.0 Å². The molecule has 0 aromatic heterocycles. The van der Waals surface area contributed by atoms with Gasteiger partial charge in [-0.25, -0.2) is 4.79 Å². The number of hydrogen-bond donors (Lipinski definition) is 1. The number of epoxide rings is 1. The van der Waals surface area contributed by atoms with Crippen LogP contribution in [0, 0.1) is 0 Å². The molecule has 1 aliphatic rings. The zero-order valence-corrected chi connectivity index (χ0v) is 18.0. The molecule has 1 fully saturated rings. The summed E-state index contributed by atoms with van der Waals surface area (Å²) in [5.74, 6) is 0. The number of carbonyl (C=O) groups is 1. The van der Waals surface area contributed by atoms with Gasteiger partial charge in [0.25, 0.3) is 0 Å². The number of amides is 1. The first-order chi connectivity index (χ1) is 15.7. The summed E-state index contributed by atoms with van der Waals surface area (Å²) in [5.41, 5.74) is 2.96. The monoisotopic (exact) mass is 431 g/mol. The van der Waals surface area contributed by atoms with Gasteiger partial charge in [0.2, 0.25) is 0 Å². The van der Waals surface area contributed by atoms with Crippen molar-refractivity contribution in [3.8, 4) is 0 Å². The quantitative estimate of drug-likeness (QED) is 0.477. The molecule has 32 heavy (non-hydrogen) atoms. The number of benzene rings is 3. The van der Waals surface area contributed by atoms with E-state index in [2.05, 4.69) is 0 Å². The lowest BCUT2D eigenvalue weighted by atomic mass is 9.96. The Hall–Kier alpha value is -3.15. The van der Waals surface area contributed by atoms with Gasteiger partial charge < -0.3 is 14.6 Å². The van der Waals surface area contributed by atoms with Crippen LogP contribution in [-0.4, -0.2) is 41.0 Å². The molecular formula is C27H29NO4. The van der Waals surface area contributed by atoms with E-state index in [1.165, 1.54) is 0 Å². The van der Waals surface area contributed by atoms with Crippen LogP contribution in [-0.2, 0) is 29.0 Å².